The smallest absolute Gasteiger partial charge is 0.123 e. The summed E-state index contributed by atoms with van der Waals surface area (Å²) in [7, 11) is 0. The maximum absolute atomic E-state index is 13.1. The first-order valence-corrected chi connectivity index (χ1v) is 7.33. The van der Waals surface area contributed by atoms with E-state index in [0.29, 0.717) is 5.56 Å². The van der Waals surface area contributed by atoms with E-state index in [1.807, 2.05) is 25.1 Å². The van der Waals surface area contributed by atoms with E-state index in [4.69, 9.17) is 0 Å². The second-order valence-corrected chi connectivity index (χ2v) is 5.61. The number of thioether (sulfide) groups is 1. The molecule has 2 aromatic rings. The molecular weight excluding hydrogens is 271 g/mol. The van der Waals surface area contributed by atoms with Gasteiger partial charge in [-0.2, -0.15) is 5.26 Å². The monoisotopic (exact) mass is 286 g/mol. The highest BCUT2D eigenvalue weighted by molar-refractivity contribution is 7.99. The van der Waals surface area contributed by atoms with E-state index in [-0.39, 0.29) is 5.82 Å². The van der Waals surface area contributed by atoms with Crippen LogP contribution in [0.25, 0.3) is 0 Å². The van der Waals surface area contributed by atoms with Crippen molar-refractivity contribution in [3.63, 3.8) is 0 Å². The zero-order valence-electron chi connectivity index (χ0n) is 11.4. The third-order valence-corrected chi connectivity index (χ3v) is 3.84. The van der Waals surface area contributed by atoms with Crippen LogP contribution < -0.4 is 5.32 Å². The van der Waals surface area contributed by atoms with Gasteiger partial charge in [0, 0.05) is 10.6 Å². The Kier molecular flexibility index (Phi) is 4.65. The normalized spacial score (nSPS) is 10.1. The van der Waals surface area contributed by atoms with Crippen molar-refractivity contribution < 1.29 is 4.39 Å². The number of hydrogen-bond donors (Lipinski definition) is 1. The Bertz CT molecular complexity index is 662. The summed E-state index contributed by atoms with van der Waals surface area (Å²) in [5, 5.41) is 12.6. The predicted octanol–water partition coefficient (Wildman–Crippen LogP) is 4.86. The summed E-state index contributed by atoms with van der Waals surface area (Å²) < 4.78 is 13.1. The van der Waals surface area contributed by atoms with Crippen molar-refractivity contribution in [1.82, 2.24) is 0 Å². The number of benzene rings is 2. The Morgan fingerprint density at radius 2 is 2.05 bits per heavy atom. The van der Waals surface area contributed by atoms with Crippen LogP contribution in [0.2, 0.25) is 0 Å². The summed E-state index contributed by atoms with van der Waals surface area (Å²) >= 11 is 1.64. The SMILES string of the molecule is CCSc1cccc(Nc2ccc(F)cc2C)c1C#N. The van der Waals surface area contributed by atoms with Crippen molar-refractivity contribution in [2.45, 2.75) is 18.7 Å². The van der Waals surface area contributed by atoms with E-state index in [0.717, 1.165) is 27.6 Å². The summed E-state index contributed by atoms with van der Waals surface area (Å²) in [4.78, 5) is 0.958. The maximum atomic E-state index is 13.1. The molecule has 0 amide bonds. The van der Waals surface area contributed by atoms with Gasteiger partial charge in [0.15, 0.2) is 0 Å². The van der Waals surface area contributed by atoms with Gasteiger partial charge in [0.25, 0.3) is 0 Å². The molecule has 2 aromatic carbocycles. The van der Waals surface area contributed by atoms with E-state index in [2.05, 4.69) is 18.3 Å². The van der Waals surface area contributed by atoms with Crippen LogP contribution in [0.5, 0.6) is 0 Å². The Morgan fingerprint density at radius 3 is 2.70 bits per heavy atom. The van der Waals surface area contributed by atoms with E-state index >= 15 is 0 Å². The molecule has 2 rings (SSSR count). The Balaban J connectivity index is 2.38. The Labute approximate surface area is 122 Å². The number of nitrogens with one attached hydrogen (secondary N) is 1. The molecule has 0 heterocycles. The minimum Gasteiger partial charge on any atom is -0.354 e. The lowest BCUT2D eigenvalue weighted by Crippen LogP contribution is -1.97. The molecule has 0 aliphatic heterocycles. The van der Waals surface area contributed by atoms with Crippen LogP contribution in [0.1, 0.15) is 18.1 Å². The van der Waals surface area contributed by atoms with Crippen LogP contribution in [-0.2, 0) is 0 Å². The van der Waals surface area contributed by atoms with Gasteiger partial charge in [-0.05, 0) is 48.6 Å². The van der Waals surface area contributed by atoms with Gasteiger partial charge in [0.05, 0.1) is 11.3 Å². The molecule has 0 bridgehead atoms. The van der Waals surface area contributed by atoms with E-state index in [1.165, 1.54) is 12.1 Å². The quantitative estimate of drug-likeness (QED) is 0.815. The fraction of sp³-hybridized carbons (Fsp3) is 0.188. The lowest BCUT2D eigenvalue weighted by molar-refractivity contribution is 0.627. The fourth-order valence-corrected chi connectivity index (χ4v) is 2.72. The lowest BCUT2D eigenvalue weighted by atomic mass is 10.1. The minimum atomic E-state index is -0.260. The van der Waals surface area contributed by atoms with Crippen molar-refractivity contribution in [3.8, 4) is 6.07 Å². The van der Waals surface area contributed by atoms with Crippen molar-refractivity contribution in [2.75, 3.05) is 11.1 Å². The first kappa shape index (κ1) is 14.4. The number of aryl methyl sites for hydroxylation is 1. The number of rotatable bonds is 4. The van der Waals surface area contributed by atoms with Crippen LogP contribution in [0, 0.1) is 24.1 Å². The zero-order chi connectivity index (χ0) is 14.5. The van der Waals surface area contributed by atoms with Crippen molar-refractivity contribution >= 4 is 23.1 Å². The molecule has 0 saturated carbocycles. The number of hydrogen-bond acceptors (Lipinski definition) is 3. The van der Waals surface area contributed by atoms with E-state index in [1.54, 1.807) is 17.8 Å². The average molecular weight is 286 g/mol. The van der Waals surface area contributed by atoms with Gasteiger partial charge in [0.1, 0.15) is 11.9 Å². The number of nitrogens with zero attached hydrogens (tertiary/aromatic N) is 1. The standard InChI is InChI=1S/C16H15FN2S/c1-3-20-16-6-4-5-15(13(16)10-18)19-14-8-7-12(17)9-11(14)2/h4-9,19H,3H2,1-2H3. The molecule has 2 nitrogen and oxygen atoms in total. The first-order valence-electron chi connectivity index (χ1n) is 6.34. The lowest BCUT2D eigenvalue weighted by Gasteiger charge is -2.13. The van der Waals surface area contributed by atoms with Crippen LogP contribution in [0.15, 0.2) is 41.3 Å². The third-order valence-electron chi connectivity index (χ3n) is 2.90. The van der Waals surface area contributed by atoms with Gasteiger partial charge in [-0.3, -0.25) is 0 Å². The third kappa shape index (κ3) is 3.12. The summed E-state index contributed by atoms with van der Waals surface area (Å²) in [6.45, 7) is 3.89. The average Bonchev–Trinajstić information content (AvgIpc) is 2.42. The zero-order valence-corrected chi connectivity index (χ0v) is 12.2. The molecule has 0 unspecified atom stereocenters. The largest absolute Gasteiger partial charge is 0.354 e. The highest BCUT2D eigenvalue weighted by Crippen LogP contribution is 2.30. The second kappa shape index (κ2) is 6.44. The van der Waals surface area contributed by atoms with Crippen LogP contribution in [-0.4, -0.2) is 5.75 Å². The van der Waals surface area contributed by atoms with E-state index in [9.17, 15) is 9.65 Å². The van der Waals surface area contributed by atoms with Gasteiger partial charge in [-0.15, -0.1) is 11.8 Å². The van der Waals surface area contributed by atoms with Crippen LogP contribution in [0.4, 0.5) is 15.8 Å². The van der Waals surface area contributed by atoms with Crippen LogP contribution in [0.3, 0.4) is 0 Å². The van der Waals surface area contributed by atoms with Gasteiger partial charge >= 0.3 is 0 Å². The maximum Gasteiger partial charge on any atom is 0.123 e. The summed E-state index contributed by atoms with van der Waals surface area (Å²) in [6, 6.07) is 12.5. The number of nitriles is 1. The molecule has 0 spiro atoms. The molecule has 4 heteroatoms. The molecule has 20 heavy (non-hydrogen) atoms. The Morgan fingerprint density at radius 1 is 1.25 bits per heavy atom. The fourth-order valence-electron chi connectivity index (χ4n) is 1.94. The minimum absolute atomic E-state index is 0.260. The molecule has 0 aromatic heterocycles. The molecular formula is C16H15FN2S. The number of halogens is 1. The number of anilines is 2. The molecule has 0 aliphatic rings. The summed E-state index contributed by atoms with van der Waals surface area (Å²) in [5.74, 6) is 0.650. The van der Waals surface area contributed by atoms with Crippen molar-refractivity contribution in [2.24, 2.45) is 0 Å². The molecule has 0 atom stereocenters. The molecule has 0 fully saturated rings. The topological polar surface area (TPSA) is 35.8 Å². The molecule has 0 aliphatic carbocycles. The summed E-state index contributed by atoms with van der Waals surface area (Å²) in [6.07, 6.45) is 0. The van der Waals surface area contributed by atoms with Crippen LogP contribution >= 0.6 is 11.8 Å². The van der Waals surface area contributed by atoms with Gasteiger partial charge < -0.3 is 5.32 Å². The first-order chi connectivity index (χ1) is 9.65. The van der Waals surface area contributed by atoms with Gasteiger partial charge in [0.2, 0.25) is 0 Å². The highest BCUT2D eigenvalue weighted by Gasteiger charge is 2.09. The molecule has 0 radical (unpaired) electrons. The second-order valence-electron chi connectivity index (χ2n) is 4.31. The molecule has 102 valence electrons. The molecule has 1 N–H and O–H groups in total. The Hall–Kier alpha value is -1.99. The van der Waals surface area contributed by atoms with Gasteiger partial charge in [-0.25, -0.2) is 4.39 Å². The van der Waals surface area contributed by atoms with Crippen molar-refractivity contribution in [1.29, 1.82) is 5.26 Å². The predicted molar refractivity (Wildman–Crippen MR) is 82.0 cm³/mol. The van der Waals surface area contributed by atoms with Crippen molar-refractivity contribution in [3.05, 3.63) is 53.3 Å². The molecule has 0 saturated heterocycles. The highest BCUT2D eigenvalue weighted by atomic mass is 32.2. The van der Waals surface area contributed by atoms with E-state index < -0.39 is 0 Å². The summed E-state index contributed by atoms with van der Waals surface area (Å²) in [5.41, 5.74) is 2.99. The van der Waals surface area contributed by atoms with Gasteiger partial charge in [-0.1, -0.05) is 13.0 Å².